The lowest BCUT2D eigenvalue weighted by molar-refractivity contribution is 0.0700. The summed E-state index contributed by atoms with van der Waals surface area (Å²) in [4.78, 5) is 34.0. The van der Waals surface area contributed by atoms with E-state index in [1.165, 1.54) is 12.3 Å². The molecule has 9 nitrogen and oxygen atoms in total. The zero-order chi connectivity index (χ0) is 26.0. The molecular weight excluding hydrogens is 490 g/mol. The molecule has 1 fully saturated rings. The predicted octanol–water partition coefficient (Wildman–Crippen LogP) is 3.71. The number of H-pyrrole nitrogens is 1. The fourth-order valence-electron chi connectivity index (χ4n) is 4.65. The Balaban J connectivity index is 1.33. The Morgan fingerprint density at radius 3 is 2.38 bits per heavy atom. The molecule has 2 amide bonds. The lowest BCUT2D eigenvalue weighted by Crippen LogP contribution is -2.46. The molecule has 0 spiro atoms. The number of imidazole rings is 1. The van der Waals surface area contributed by atoms with Gasteiger partial charge in [-0.1, -0.05) is 42.5 Å². The number of nitrogens with one attached hydrogen (secondary N) is 3. The number of nitrogens with zero attached hydrogens (tertiary/aromatic N) is 2. The van der Waals surface area contributed by atoms with Crippen LogP contribution in [0.15, 0.2) is 78.0 Å². The second kappa shape index (κ2) is 10.2. The zero-order valence-electron chi connectivity index (χ0n) is 20.3. The predicted molar refractivity (Wildman–Crippen MR) is 141 cm³/mol. The minimum absolute atomic E-state index is 0.145. The second-order valence-electron chi connectivity index (χ2n) is 9.05. The van der Waals surface area contributed by atoms with E-state index in [1.54, 1.807) is 53.6 Å². The molecule has 5 rings (SSSR count). The molecule has 2 heterocycles. The summed E-state index contributed by atoms with van der Waals surface area (Å²) in [7, 11) is -3.86. The first-order valence-electron chi connectivity index (χ1n) is 12.0. The number of amides is 2. The van der Waals surface area contributed by atoms with E-state index >= 15 is 0 Å². The third-order valence-electron chi connectivity index (χ3n) is 6.62. The van der Waals surface area contributed by atoms with Gasteiger partial charge >= 0.3 is 0 Å². The second-order valence-corrected chi connectivity index (χ2v) is 10.7. The van der Waals surface area contributed by atoms with Gasteiger partial charge in [0.2, 0.25) is 10.0 Å². The highest BCUT2D eigenvalue weighted by atomic mass is 32.2. The highest BCUT2D eigenvalue weighted by Gasteiger charge is 2.29. The van der Waals surface area contributed by atoms with E-state index < -0.39 is 10.0 Å². The van der Waals surface area contributed by atoms with Crippen molar-refractivity contribution in [3.05, 3.63) is 90.0 Å². The maximum atomic E-state index is 13.4. The van der Waals surface area contributed by atoms with Crippen molar-refractivity contribution in [2.75, 3.05) is 18.4 Å². The van der Waals surface area contributed by atoms with E-state index in [2.05, 4.69) is 20.0 Å². The number of aryl methyl sites for hydroxylation is 1. The average Bonchev–Trinajstić information content (AvgIpc) is 3.44. The van der Waals surface area contributed by atoms with Crippen LogP contribution in [0.4, 0.5) is 5.69 Å². The monoisotopic (exact) mass is 517 g/mol. The van der Waals surface area contributed by atoms with E-state index in [1.807, 2.05) is 19.1 Å². The van der Waals surface area contributed by atoms with Crippen LogP contribution >= 0.6 is 0 Å². The minimum Gasteiger partial charge on any atom is -0.341 e. The lowest BCUT2D eigenvalue weighted by atomic mass is 10.1. The lowest BCUT2D eigenvalue weighted by Gasteiger charge is -2.31. The average molecular weight is 518 g/mol. The first-order chi connectivity index (χ1) is 17.8. The molecule has 3 aromatic carbocycles. The smallest absolute Gasteiger partial charge is 0.289 e. The zero-order valence-corrected chi connectivity index (χ0v) is 21.1. The van der Waals surface area contributed by atoms with Gasteiger partial charge in [0.1, 0.15) is 0 Å². The van der Waals surface area contributed by atoms with Gasteiger partial charge in [-0.25, -0.2) is 18.1 Å². The van der Waals surface area contributed by atoms with Gasteiger partial charge in [-0.2, -0.15) is 0 Å². The van der Waals surface area contributed by atoms with E-state index in [-0.39, 0.29) is 28.6 Å². The molecule has 0 unspecified atom stereocenters. The fourth-order valence-corrected chi connectivity index (χ4v) is 6.16. The van der Waals surface area contributed by atoms with E-state index in [4.69, 9.17) is 0 Å². The fraction of sp³-hybridized carbons (Fsp3) is 0.222. The van der Waals surface area contributed by atoms with Gasteiger partial charge < -0.3 is 15.2 Å². The number of carbonyl (C=O) groups is 2. The van der Waals surface area contributed by atoms with Crippen molar-refractivity contribution in [1.82, 2.24) is 19.6 Å². The first-order valence-corrected chi connectivity index (χ1v) is 13.5. The molecule has 4 aromatic rings. The number of hydrogen-bond acceptors (Lipinski definition) is 5. The SMILES string of the molecule is Cc1ccccc1C(=O)Nc1ccc(S(=O)(=O)NC2CCN(C(=O)c3ncc[nH]3)CC2)c2ccccc12. The first kappa shape index (κ1) is 24.7. The Morgan fingerprint density at radius 1 is 0.973 bits per heavy atom. The molecule has 1 aliphatic heterocycles. The number of aromatic nitrogens is 2. The normalized spacial score (nSPS) is 14.6. The van der Waals surface area contributed by atoms with Gasteiger partial charge in [-0.05, 0) is 43.5 Å². The summed E-state index contributed by atoms with van der Waals surface area (Å²) in [5.74, 6) is -0.173. The van der Waals surface area contributed by atoms with Gasteiger partial charge in [-0.15, -0.1) is 0 Å². The number of carbonyl (C=O) groups excluding carboxylic acids is 2. The minimum atomic E-state index is -3.86. The van der Waals surface area contributed by atoms with Crippen LogP contribution in [0, 0.1) is 6.92 Å². The van der Waals surface area contributed by atoms with Gasteiger partial charge in [0.25, 0.3) is 11.8 Å². The third-order valence-corrected chi connectivity index (χ3v) is 8.19. The largest absolute Gasteiger partial charge is 0.341 e. The molecule has 37 heavy (non-hydrogen) atoms. The molecule has 0 radical (unpaired) electrons. The number of hydrogen-bond donors (Lipinski definition) is 3. The van der Waals surface area contributed by atoms with E-state index in [0.717, 1.165) is 5.56 Å². The summed E-state index contributed by atoms with van der Waals surface area (Å²) < 4.78 is 29.7. The van der Waals surface area contributed by atoms with Crippen molar-refractivity contribution in [3.63, 3.8) is 0 Å². The molecule has 10 heteroatoms. The Hall–Kier alpha value is -4.02. The number of fused-ring (bicyclic) bond motifs is 1. The molecule has 3 N–H and O–H groups in total. The molecule has 190 valence electrons. The summed E-state index contributed by atoms with van der Waals surface area (Å²) >= 11 is 0. The van der Waals surface area contributed by atoms with Crippen LogP contribution in [-0.2, 0) is 10.0 Å². The number of anilines is 1. The van der Waals surface area contributed by atoms with Crippen LogP contribution in [0.25, 0.3) is 10.8 Å². The van der Waals surface area contributed by atoms with Crippen LogP contribution in [0.5, 0.6) is 0 Å². The molecule has 1 saturated heterocycles. The standard InChI is InChI=1S/C27H27N5O4S/c1-18-6-2-3-7-20(18)26(33)30-23-10-11-24(22-9-5-4-8-21(22)23)37(35,36)31-19-12-16-32(17-13-19)27(34)25-28-14-15-29-25/h2-11,14-15,19,31H,12-13,16-17H2,1H3,(H,28,29)(H,30,33). The molecule has 0 atom stereocenters. The van der Waals surface area contributed by atoms with Gasteiger partial charge in [0, 0.05) is 53.5 Å². The number of sulfonamides is 1. The van der Waals surface area contributed by atoms with Crippen molar-refractivity contribution in [2.45, 2.75) is 30.7 Å². The Morgan fingerprint density at radius 2 is 1.68 bits per heavy atom. The summed E-state index contributed by atoms with van der Waals surface area (Å²) in [6.45, 7) is 2.72. The molecule has 0 bridgehead atoms. The summed E-state index contributed by atoms with van der Waals surface area (Å²) in [5.41, 5.74) is 1.94. The van der Waals surface area contributed by atoms with Crippen molar-refractivity contribution >= 4 is 38.3 Å². The van der Waals surface area contributed by atoms with Crippen LogP contribution in [0.3, 0.4) is 0 Å². The molecule has 1 aromatic heterocycles. The highest BCUT2D eigenvalue weighted by molar-refractivity contribution is 7.89. The van der Waals surface area contributed by atoms with Crippen LogP contribution < -0.4 is 10.0 Å². The van der Waals surface area contributed by atoms with Crippen molar-refractivity contribution < 1.29 is 18.0 Å². The number of piperidine rings is 1. The van der Waals surface area contributed by atoms with Gasteiger partial charge in [0.15, 0.2) is 5.82 Å². The summed E-state index contributed by atoms with van der Waals surface area (Å²) in [6, 6.07) is 17.2. The van der Waals surface area contributed by atoms with E-state index in [9.17, 15) is 18.0 Å². The Bertz CT molecular complexity index is 1560. The molecule has 0 saturated carbocycles. The molecule has 1 aliphatic rings. The number of benzene rings is 3. The number of likely N-dealkylation sites (tertiary alicyclic amines) is 1. The Kier molecular flexibility index (Phi) is 6.77. The quantitative estimate of drug-likeness (QED) is 0.360. The number of aromatic amines is 1. The van der Waals surface area contributed by atoms with E-state index in [0.29, 0.717) is 48.0 Å². The van der Waals surface area contributed by atoms with Gasteiger partial charge in [0.05, 0.1) is 4.90 Å². The Labute approximate surface area is 215 Å². The van der Waals surface area contributed by atoms with Crippen molar-refractivity contribution in [2.24, 2.45) is 0 Å². The maximum Gasteiger partial charge on any atom is 0.289 e. The molecular formula is C27H27N5O4S. The molecule has 0 aliphatic carbocycles. The summed E-state index contributed by atoms with van der Waals surface area (Å²) in [5, 5.41) is 4.08. The highest BCUT2D eigenvalue weighted by Crippen LogP contribution is 2.30. The van der Waals surface area contributed by atoms with Crippen LogP contribution in [0.1, 0.15) is 39.4 Å². The topological polar surface area (TPSA) is 124 Å². The maximum absolute atomic E-state index is 13.4. The van der Waals surface area contributed by atoms with Crippen LogP contribution in [-0.4, -0.2) is 54.2 Å². The van der Waals surface area contributed by atoms with Crippen LogP contribution in [0.2, 0.25) is 0 Å². The van der Waals surface area contributed by atoms with Crippen molar-refractivity contribution in [3.8, 4) is 0 Å². The van der Waals surface area contributed by atoms with Gasteiger partial charge in [-0.3, -0.25) is 9.59 Å². The third kappa shape index (κ3) is 5.11. The van der Waals surface area contributed by atoms with Crippen molar-refractivity contribution in [1.29, 1.82) is 0 Å². The summed E-state index contributed by atoms with van der Waals surface area (Å²) in [6.07, 6.45) is 4.11. The number of rotatable bonds is 6.